The molecule has 2 heterocycles. The third-order valence-corrected chi connectivity index (χ3v) is 4.24. The van der Waals surface area contributed by atoms with Crippen LogP contribution in [0.4, 0.5) is 0 Å². The molecule has 0 aliphatic rings. The van der Waals surface area contributed by atoms with Crippen molar-refractivity contribution in [3.8, 4) is 5.75 Å². The Balaban J connectivity index is 2.50. The van der Waals surface area contributed by atoms with E-state index in [1.54, 1.807) is 13.3 Å². The molecule has 1 unspecified atom stereocenters. The van der Waals surface area contributed by atoms with Crippen LogP contribution in [0.3, 0.4) is 0 Å². The lowest BCUT2D eigenvalue weighted by Crippen LogP contribution is -2.23. The Morgan fingerprint density at radius 1 is 1.43 bits per heavy atom. The molecule has 0 radical (unpaired) electrons. The van der Waals surface area contributed by atoms with Crippen LogP contribution in [0.15, 0.2) is 6.20 Å². The van der Waals surface area contributed by atoms with Crippen LogP contribution in [0.2, 0.25) is 0 Å². The fourth-order valence-electron chi connectivity index (χ4n) is 2.44. The molecule has 0 saturated heterocycles. The summed E-state index contributed by atoms with van der Waals surface area (Å²) >= 11 is 1.44. The first kappa shape index (κ1) is 15.9. The maximum atomic E-state index is 5.50. The molecule has 0 fully saturated rings. The maximum Gasteiger partial charge on any atom is 0.161 e. The normalized spacial score (nSPS) is 12.9. The van der Waals surface area contributed by atoms with Crippen molar-refractivity contribution in [2.75, 3.05) is 14.2 Å². The first-order chi connectivity index (χ1) is 10.1. The third kappa shape index (κ3) is 3.08. The van der Waals surface area contributed by atoms with Gasteiger partial charge in [-0.15, -0.1) is 5.10 Å². The van der Waals surface area contributed by atoms with E-state index in [4.69, 9.17) is 4.74 Å². The molecule has 0 amide bonds. The second kappa shape index (κ2) is 7.00. The van der Waals surface area contributed by atoms with Gasteiger partial charge in [-0.05, 0) is 38.8 Å². The standard InChI is InChI=1S/C14H23N5OS/c1-6-7-10-14(21-18-17-10)12(15-4)13-11(20-5)8-16-19(13)9(2)3/h8-9,12,15H,6-7H2,1-5H3. The fraction of sp³-hybridized carbons (Fsp3) is 0.643. The summed E-state index contributed by atoms with van der Waals surface area (Å²) in [4.78, 5) is 1.14. The van der Waals surface area contributed by atoms with Crippen molar-refractivity contribution in [1.29, 1.82) is 0 Å². The van der Waals surface area contributed by atoms with E-state index in [0.717, 1.165) is 34.9 Å². The van der Waals surface area contributed by atoms with Gasteiger partial charge in [0.15, 0.2) is 5.75 Å². The van der Waals surface area contributed by atoms with Crippen LogP contribution in [0.25, 0.3) is 0 Å². The summed E-state index contributed by atoms with van der Waals surface area (Å²) in [7, 11) is 3.62. The Hall–Kier alpha value is -1.47. The SMILES string of the molecule is CCCc1nnsc1C(NC)c1c(OC)cnn1C(C)C. The summed E-state index contributed by atoms with van der Waals surface area (Å²) in [5, 5.41) is 12.1. The summed E-state index contributed by atoms with van der Waals surface area (Å²) in [6, 6.07) is 0.252. The summed E-state index contributed by atoms with van der Waals surface area (Å²) in [6.45, 7) is 6.37. The zero-order valence-electron chi connectivity index (χ0n) is 13.3. The zero-order chi connectivity index (χ0) is 15.4. The van der Waals surface area contributed by atoms with Gasteiger partial charge < -0.3 is 10.1 Å². The van der Waals surface area contributed by atoms with Crippen molar-refractivity contribution in [3.05, 3.63) is 22.5 Å². The fourth-order valence-corrected chi connectivity index (χ4v) is 3.25. The van der Waals surface area contributed by atoms with E-state index < -0.39 is 0 Å². The number of methoxy groups -OCH3 is 1. The monoisotopic (exact) mass is 309 g/mol. The van der Waals surface area contributed by atoms with E-state index in [0.29, 0.717) is 0 Å². The molecule has 0 aliphatic heterocycles. The minimum absolute atomic E-state index is 0.00796. The summed E-state index contributed by atoms with van der Waals surface area (Å²) in [5.74, 6) is 0.791. The second-order valence-electron chi connectivity index (χ2n) is 5.19. The van der Waals surface area contributed by atoms with E-state index in [9.17, 15) is 0 Å². The molecule has 0 spiro atoms. The summed E-state index contributed by atoms with van der Waals surface area (Å²) in [6.07, 6.45) is 3.76. The molecule has 1 atom stereocenters. The molecule has 0 aliphatic carbocycles. The Labute approximate surface area is 129 Å². The highest BCUT2D eigenvalue weighted by Crippen LogP contribution is 2.34. The average Bonchev–Trinajstić information content (AvgIpc) is 3.08. The molecule has 21 heavy (non-hydrogen) atoms. The van der Waals surface area contributed by atoms with Crippen LogP contribution in [0, 0.1) is 0 Å². The summed E-state index contributed by atoms with van der Waals surface area (Å²) in [5.41, 5.74) is 2.08. The number of aromatic nitrogens is 4. The van der Waals surface area contributed by atoms with Gasteiger partial charge in [0, 0.05) is 6.04 Å². The van der Waals surface area contributed by atoms with Crippen LogP contribution < -0.4 is 10.1 Å². The Morgan fingerprint density at radius 2 is 2.19 bits per heavy atom. The second-order valence-corrected chi connectivity index (χ2v) is 5.98. The average molecular weight is 309 g/mol. The lowest BCUT2D eigenvalue weighted by molar-refractivity contribution is 0.396. The lowest BCUT2D eigenvalue weighted by Gasteiger charge is -2.20. The highest BCUT2D eigenvalue weighted by atomic mass is 32.1. The van der Waals surface area contributed by atoms with Gasteiger partial charge in [0.2, 0.25) is 0 Å². The minimum atomic E-state index is -0.00796. The molecular formula is C14H23N5OS. The smallest absolute Gasteiger partial charge is 0.161 e. The molecule has 0 bridgehead atoms. The van der Waals surface area contributed by atoms with Gasteiger partial charge in [-0.2, -0.15) is 5.10 Å². The lowest BCUT2D eigenvalue weighted by atomic mass is 10.1. The molecular weight excluding hydrogens is 286 g/mol. The van der Waals surface area contributed by atoms with Crippen molar-refractivity contribution >= 4 is 11.5 Å². The zero-order valence-corrected chi connectivity index (χ0v) is 14.1. The van der Waals surface area contributed by atoms with Crippen LogP contribution >= 0.6 is 11.5 Å². The minimum Gasteiger partial charge on any atom is -0.493 e. The van der Waals surface area contributed by atoms with Crippen molar-refractivity contribution in [2.24, 2.45) is 0 Å². The number of rotatable bonds is 7. The molecule has 7 heteroatoms. The number of nitrogens with one attached hydrogen (secondary N) is 1. The van der Waals surface area contributed by atoms with Crippen LogP contribution in [0.1, 0.15) is 55.5 Å². The molecule has 116 valence electrons. The maximum absolute atomic E-state index is 5.50. The molecule has 6 nitrogen and oxygen atoms in total. The van der Waals surface area contributed by atoms with E-state index in [1.165, 1.54) is 11.5 Å². The number of ether oxygens (including phenoxy) is 1. The Kier molecular flexibility index (Phi) is 5.30. The van der Waals surface area contributed by atoms with Gasteiger partial charge in [-0.25, -0.2) is 0 Å². The van der Waals surface area contributed by atoms with Crippen molar-refractivity contribution in [3.63, 3.8) is 0 Å². The van der Waals surface area contributed by atoms with Gasteiger partial charge in [0.25, 0.3) is 0 Å². The van der Waals surface area contributed by atoms with E-state index in [1.807, 2.05) is 11.7 Å². The molecule has 2 aromatic rings. The van der Waals surface area contributed by atoms with Crippen LogP contribution in [-0.2, 0) is 6.42 Å². The number of hydrogen-bond acceptors (Lipinski definition) is 6. The van der Waals surface area contributed by atoms with E-state index in [-0.39, 0.29) is 12.1 Å². The van der Waals surface area contributed by atoms with Crippen molar-refractivity contribution in [2.45, 2.75) is 45.7 Å². The quantitative estimate of drug-likeness (QED) is 0.851. The van der Waals surface area contributed by atoms with Crippen LogP contribution in [0.5, 0.6) is 5.75 Å². The number of aryl methyl sites for hydroxylation is 1. The molecule has 0 aromatic carbocycles. The predicted molar refractivity (Wildman–Crippen MR) is 84.0 cm³/mol. The first-order valence-electron chi connectivity index (χ1n) is 7.23. The molecule has 2 aromatic heterocycles. The van der Waals surface area contributed by atoms with Crippen molar-refractivity contribution in [1.82, 2.24) is 24.7 Å². The van der Waals surface area contributed by atoms with Gasteiger partial charge in [0.1, 0.15) is 5.69 Å². The van der Waals surface area contributed by atoms with Gasteiger partial charge in [-0.1, -0.05) is 17.8 Å². The van der Waals surface area contributed by atoms with Gasteiger partial charge in [-0.3, -0.25) is 4.68 Å². The molecule has 0 saturated carbocycles. The molecule has 1 N–H and O–H groups in total. The van der Waals surface area contributed by atoms with E-state index in [2.05, 4.69) is 40.8 Å². The highest BCUT2D eigenvalue weighted by molar-refractivity contribution is 7.05. The van der Waals surface area contributed by atoms with Crippen molar-refractivity contribution < 1.29 is 4.74 Å². The predicted octanol–water partition coefficient (Wildman–Crippen LogP) is 2.59. The van der Waals surface area contributed by atoms with Gasteiger partial charge in [0.05, 0.1) is 29.9 Å². The third-order valence-electron chi connectivity index (χ3n) is 3.40. The first-order valence-corrected chi connectivity index (χ1v) is 8.01. The number of hydrogen-bond donors (Lipinski definition) is 1. The largest absolute Gasteiger partial charge is 0.493 e. The topological polar surface area (TPSA) is 64.9 Å². The highest BCUT2D eigenvalue weighted by Gasteiger charge is 2.27. The van der Waals surface area contributed by atoms with E-state index >= 15 is 0 Å². The molecule has 2 rings (SSSR count). The number of nitrogens with zero attached hydrogens (tertiary/aromatic N) is 4. The van der Waals surface area contributed by atoms with Crippen LogP contribution in [-0.4, -0.2) is 33.5 Å². The van der Waals surface area contributed by atoms with Gasteiger partial charge >= 0.3 is 0 Å². The Morgan fingerprint density at radius 3 is 2.76 bits per heavy atom. The summed E-state index contributed by atoms with van der Waals surface area (Å²) < 4.78 is 11.6. The Bertz CT molecular complexity index is 578.